The second kappa shape index (κ2) is 4.20. The zero-order valence-corrected chi connectivity index (χ0v) is 10.1. The molecule has 0 aliphatic carbocycles. The smallest absolute Gasteiger partial charge is 0.357 e. The van der Waals surface area contributed by atoms with Gasteiger partial charge in [0.1, 0.15) is 11.4 Å². The first kappa shape index (κ1) is 11.4. The van der Waals surface area contributed by atoms with Gasteiger partial charge in [0, 0.05) is 5.39 Å². The molecule has 19 heavy (non-hydrogen) atoms. The van der Waals surface area contributed by atoms with Crippen molar-refractivity contribution in [3.8, 4) is 0 Å². The fourth-order valence-corrected chi connectivity index (χ4v) is 1.94. The molecule has 0 spiro atoms. The number of hydrogen-bond donors (Lipinski definition) is 1. The number of fused-ring (bicyclic) bond motifs is 1. The number of nitrogens with zero attached hydrogens (tertiary/aromatic N) is 4. The molecule has 1 N–H and O–H groups in total. The van der Waals surface area contributed by atoms with Crippen LogP contribution in [-0.4, -0.2) is 31.2 Å². The number of rotatable bonds is 3. The van der Waals surface area contributed by atoms with Gasteiger partial charge < -0.3 is 5.11 Å². The number of para-hydroxylation sites is 1. The Morgan fingerprint density at radius 1 is 1.37 bits per heavy atom. The highest BCUT2D eigenvalue weighted by molar-refractivity contribution is 6.01. The predicted octanol–water partition coefficient (Wildman–Crippen LogP) is 1.47. The van der Waals surface area contributed by atoms with Gasteiger partial charge in [-0.25, -0.2) is 9.42 Å². The van der Waals surface area contributed by atoms with Crippen molar-refractivity contribution in [3.05, 3.63) is 41.3 Å². The first-order chi connectivity index (χ1) is 9.16. The fraction of sp³-hybridized carbons (Fsp3) is 0.167. The standard InChI is InChI=1S/C12H10N4O3/c1-7-9(15-19-14-7)6-16-10-5-3-2-4-8(10)11(13-16)12(17)18/h2-5H,6H2,1H3,(H,17,18). The number of aryl methyl sites for hydroxylation is 1. The molecule has 0 aliphatic heterocycles. The van der Waals surface area contributed by atoms with Gasteiger partial charge >= 0.3 is 5.97 Å². The van der Waals surface area contributed by atoms with Gasteiger partial charge in [0.25, 0.3) is 0 Å². The normalized spacial score (nSPS) is 11.0. The molecular weight excluding hydrogens is 248 g/mol. The number of aromatic carboxylic acids is 1. The first-order valence-electron chi connectivity index (χ1n) is 5.63. The molecule has 3 rings (SSSR count). The predicted molar refractivity (Wildman–Crippen MR) is 64.8 cm³/mol. The van der Waals surface area contributed by atoms with E-state index in [4.69, 9.17) is 5.11 Å². The van der Waals surface area contributed by atoms with Crippen molar-refractivity contribution in [1.29, 1.82) is 0 Å². The fourth-order valence-electron chi connectivity index (χ4n) is 1.94. The Morgan fingerprint density at radius 3 is 2.84 bits per heavy atom. The van der Waals surface area contributed by atoms with E-state index < -0.39 is 5.97 Å². The van der Waals surface area contributed by atoms with Gasteiger partial charge in [-0.3, -0.25) is 4.68 Å². The summed E-state index contributed by atoms with van der Waals surface area (Å²) in [7, 11) is 0. The van der Waals surface area contributed by atoms with Crippen molar-refractivity contribution in [2.24, 2.45) is 0 Å². The number of carbonyl (C=O) groups is 1. The van der Waals surface area contributed by atoms with Crippen LogP contribution in [0.3, 0.4) is 0 Å². The van der Waals surface area contributed by atoms with E-state index in [1.54, 1.807) is 23.7 Å². The number of benzene rings is 1. The third-order valence-electron chi connectivity index (χ3n) is 2.91. The highest BCUT2D eigenvalue weighted by atomic mass is 16.6. The molecule has 0 atom stereocenters. The lowest BCUT2D eigenvalue weighted by atomic mass is 10.2. The van der Waals surface area contributed by atoms with E-state index in [1.165, 1.54) is 0 Å². The Bertz CT molecular complexity index is 759. The first-order valence-corrected chi connectivity index (χ1v) is 5.63. The topological polar surface area (TPSA) is 94.0 Å². The largest absolute Gasteiger partial charge is 0.476 e. The van der Waals surface area contributed by atoms with Crippen LogP contribution >= 0.6 is 0 Å². The van der Waals surface area contributed by atoms with E-state index in [2.05, 4.69) is 20.0 Å². The zero-order valence-electron chi connectivity index (χ0n) is 10.1. The number of carboxylic acids is 1. The molecule has 0 bridgehead atoms. The minimum Gasteiger partial charge on any atom is -0.476 e. The lowest BCUT2D eigenvalue weighted by Gasteiger charge is -1.99. The Balaban J connectivity index is 2.14. The SMILES string of the molecule is Cc1nonc1Cn1nc(C(=O)O)c2ccccc21. The molecule has 2 heterocycles. The molecule has 7 heteroatoms. The van der Waals surface area contributed by atoms with Crippen LogP contribution in [0.25, 0.3) is 10.9 Å². The zero-order chi connectivity index (χ0) is 13.4. The van der Waals surface area contributed by atoms with E-state index in [0.29, 0.717) is 23.3 Å². The van der Waals surface area contributed by atoms with Gasteiger partial charge in [-0.05, 0) is 13.0 Å². The van der Waals surface area contributed by atoms with E-state index in [0.717, 1.165) is 5.52 Å². The third-order valence-corrected chi connectivity index (χ3v) is 2.91. The van der Waals surface area contributed by atoms with E-state index >= 15 is 0 Å². The van der Waals surface area contributed by atoms with Crippen LogP contribution in [0.5, 0.6) is 0 Å². The molecule has 0 unspecified atom stereocenters. The quantitative estimate of drug-likeness (QED) is 0.764. The van der Waals surface area contributed by atoms with Crippen LogP contribution in [0.2, 0.25) is 0 Å². The van der Waals surface area contributed by atoms with Gasteiger partial charge in [0.2, 0.25) is 0 Å². The van der Waals surface area contributed by atoms with Crippen molar-refractivity contribution < 1.29 is 14.5 Å². The van der Waals surface area contributed by atoms with Crippen LogP contribution in [-0.2, 0) is 6.54 Å². The van der Waals surface area contributed by atoms with Crippen LogP contribution < -0.4 is 0 Å². The molecule has 3 aromatic rings. The van der Waals surface area contributed by atoms with Crippen molar-refractivity contribution in [2.45, 2.75) is 13.5 Å². The molecule has 0 radical (unpaired) electrons. The second-order valence-electron chi connectivity index (χ2n) is 4.12. The summed E-state index contributed by atoms with van der Waals surface area (Å²) in [6.07, 6.45) is 0. The Kier molecular flexibility index (Phi) is 2.52. The maximum atomic E-state index is 11.2. The summed E-state index contributed by atoms with van der Waals surface area (Å²) in [6.45, 7) is 2.10. The maximum absolute atomic E-state index is 11.2. The highest BCUT2D eigenvalue weighted by Crippen LogP contribution is 2.19. The number of carboxylic acid groups (broad SMARTS) is 1. The van der Waals surface area contributed by atoms with E-state index in [-0.39, 0.29) is 5.69 Å². The summed E-state index contributed by atoms with van der Waals surface area (Å²) in [5.74, 6) is -1.05. The Morgan fingerprint density at radius 2 is 2.16 bits per heavy atom. The molecule has 0 aliphatic rings. The monoisotopic (exact) mass is 258 g/mol. The molecule has 0 fully saturated rings. The molecule has 0 amide bonds. The van der Waals surface area contributed by atoms with Gasteiger partial charge in [-0.2, -0.15) is 5.10 Å². The minimum atomic E-state index is -1.05. The number of aromatic nitrogens is 4. The summed E-state index contributed by atoms with van der Waals surface area (Å²) in [6, 6.07) is 7.16. The Hall–Kier alpha value is -2.70. The average Bonchev–Trinajstić information content (AvgIpc) is 2.96. The molecule has 0 saturated heterocycles. The number of hydrogen-bond acceptors (Lipinski definition) is 5. The molecule has 2 aromatic heterocycles. The van der Waals surface area contributed by atoms with Crippen LogP contribution in [0.1, 0.15) is 21.9 Å². The van der Waals surface area contributed by atoms with Crippen molar-refractivity contribution in [1.82, 2.24) is 20.1 Å². The van der Waals surface area contributed by atoms with Crippen LogP contribution in [0.4, 0.5) is 0 Å². The lowest BCUT2D eigenvalue weighted by Crippen LogP contribution is -2.05. The average molecular weight is 258 g/mol. The van der Waals surface area contributed by atoms with Gasteiger partial charge in [0.15, 0.2) is 5.69 Å². The third kappa shape index (κ3) is 1.85. The summed E-state index contributed by atoms with van der Waals surface area (Å²) in [4.78, 5) is 11.2. The van der Waals surface area contributed by atoms with Gasteiger partial charge in [-0.15, -0.1) is 0 Å². The minimum absolute atomic E-state index is 0.0321. The van der Waals surface area contributed by atoms with Crippen LogP contribution in [0.15, 0.2) is 28.9 Å². The molecule has 1 aromatic carbocycles. The summed E-state index contributed by atoms with van der Waals surface area (Å²) >= 11 is 0. The van der Waals surface area contributed by atoms with E-state index in [1.807, 2.05) is 12.1 Å². The highest BCUT2D eigenvalue weighted by Gasteiger charge is 2.17. The molecular formula is C12H10N4O3. The molecule has 7 nitrogen and oxygen atoms in total. The molecule has 96 valence electrons. The lowest BCUT2D eigenvalue weighted by molar-refractivity contribution is 0.0691. The summed E-state index contributed by atoms with van der Waals surface area (Å²) in [5.41, 5.74) is 2.06. The van der Waals surface area contributed by atoms with Gasteiger partial charge in [0.05, 0.1) is 12.1 Å². The summed E-state index contributed by atoms with van der Waals surface area (Å²) < 4.78 is 6.21. The van der Waals surface area contributed by atoms with Gasteiger partial charge in [-0.1, -0.05) is 28.5 Å². The van der Waals surface area contributed by atoms with Crippen molar-refractivity contribution >= 4 is 16.9 Å². The van der Waals surface area contributed by atoms with Crippen LogP contribution in [0, 0.1) is 6.92 Å². The Labute approximate surface area is 107 Å². The molecule has 0 saturated carbocycles. The van der Waals surface area contributed by atoms with Crippen molar-refractivity contribution in [3.63, 3.8) is 0 Å². The maximum Gasteiger partial charge on any atom is 0.357 e. The second-order valence-corrected chi connectivity index (χ2v) is 4.12. The van der Waals surface area contributed by atoms with Crippen molar-refractivity contribution in [2.75, 3.05) is 0 Å². The van der Waals surface area contributed by atoms with E-state index in [9.17, 15) is 4.79 Å². The summed E-state index contributed by atoms with van der Waals surface area (Å²) in [5, 5.41) is 21.3.